The van der Waals surface area contributed by atoms with Crippen LogP contribution in [0.15, 0.2) is 36.5 Å². The van der Waals surface area contributed by atoms with Gasteiger partial charge >= 0.3 is 5.97 Å². The molecule has 0 atom stereocenters. The maximum Gasteiger partial charge on any atom is 0.344 e. The first-order valence-electron chi connectivity index (χ1n) is 9.00. The summed E-state index contributed by atoms with van der Waals surface area (Å²) in [6, 6.07) is 8.23. The van der Waals surface area contributed by atoms with Crippen LogP contribution >= 0.6 is 0 Å². The van der Waals surface area contributed by atoms with Crippen molar-refractivity contribution in [3.8, 4) is 11.5 Å². The predicted molar refractivity (Wildman–Crippen MR) is 99.7 cm³/mol. The molecule has 0 radical (unpaired) electrons. The van der Waals surface area contributed by atoms with E-state index in [0.29, 0.717) is 22.8 Å². The molecule has 1 amide bonds. The third-order valence-corrected chi connectivity index (χ3v) is 4.41. The molecule has 8 nitrogen and oxygen atoms in total. The SMILES string of the molecule is COc1ccc(OCC(=O)OCC(=O)c2c[nH]c(C(=O)N3CCCC3)c2)cc1. The molecule has 0 bridgehead atoms. The van der Waals surface area contributed by atoms with Crippen molar-refractivity contribution >= 4 is 17.7 Å². The van der Waals surface area contributed by atoms with Gasteiger partial charge in [0.1, 0.15) is 17.2 Å². The van der Waals surface area contributed by atoms with Gasteiger partial charge in [0.15, 0.2) is 13.2 Å². The predicted octanol–water partition coefficient (Wildman–Crippen LogP) is 2.06. The van der Waals surface area contributed by atoms with Crippen LogP contribution in [-0.4, -0.2) is 61.0 Å². The number of esters is 1. The van der Waals surface area contributed by atoms with Crippen LogP contribution in [0.25, 0.3) is 0 Å². The van der Waals surface area contributed by atoms with Crippen molar-refractivity contribution in [2.24, 2.45) is 0 Å². The molecule has 8 heteroatoms. The smallest absolute Gasteiger partial charge is 0.344 e. The third-order valence-electron chi connectivity index (χ3n) is 4.41. The number of aromatic nitrogens is 1. The summed E-state index contributed by atoms with van der Waals surface area (Å²) in [6.07, 6.45) is 3.44. The van der Waals surface area contributed by atoms with Crippen molar-refractivity contribution in [2.45, 2.75) is 12.8 Å². The zero-order valence-corrected chi connectivity index (χ0v) is 15.6. The van der Waals surface area contributed by atoms with Crippen LogP contribution in [0.5, 0.6) is 11.5 Å². The van der Waals surface area contributed by atoms with E-state index >= 15 is 0 Å². The number of ether oxygens (including phenoxy) is 3. The molecule has 1 fully saturated rings. The van der Waals surface area contributed by atoms with Crippen LogP contribution in [0.2, 0.25) is 0 Å². The summed E-state index contributed by atoms with van der Waals surface area (Å²) in [6.45, 7) is 0.728. The molecule has 28 heavy (non-hydrogen) atoms. The number of amides is 1. The average Bonchev–Trinajstić information content (AvgIpc) is 3.42. The minimum absolute atomic E-state index is 0.124. The number of benzene rings is 1. The Hall–Kier alpha value is -3.29. The van der Waals surface area contributed by atoms with Gasteiger partial charge < -0.3 is 24.1 Å². The fourth-order valence-electron chi connectivity index (χ4n) is 2.85. The van der Waals surface area contributed by atoms with Crippen molar-refractivity contribution in [3.63, 3.8) is 0 Å². The molecule has 1 aliphatic heterocycles. The number of Topliss-reactive ketones (excluding diaryl/α,β-unsaturated/α-hetero) is 1. The number of H-pyrrole nitrogens is 1. The summed E-state index contributed by atoms with van der Waals surface area (Å²) < 4.78 is 15.3. The lowest BCUT2D eigenvalue weighted by Crippen LogP contribution is -2.27. The Morgan fingerprint density at radius 3 is 2.39 bits per heavy atom. The topological polar surface area (TPSA) is 97.9 Å². The molecule has 1 N–H and O–H groups in total. The molecule has 1 aromatic carbocycles. The van der Waals surface area contributed by atoms with Crippen LogP contribution in [0, 0.1) is 0 Å². The molecule has 1 aromatic heterocycles. The number of aromatic amines is 1. The first-order valence-corrected chi connectivity index (χ1v) is 9.00. The minimum atomic E-state index is -0.659. The van der Waals surface area contributed by atoms with Gasteiger partial charge in [0.2, 0.25) is 5.78 Å². The summed E-state index contributed by atoms with van der Waals surface area (Å²) in [4.78, 5) is 40.8. The van der Waals surface area contributed by atoms with Gasteiger partial charge in [0.05, 0.1) is 7.11 Å². The van der Waals surface area contributed by atoms with E-state index in [-0.39, 0.29) is 12.5 Å². The van der Waals surface area contributed by atoms with Crippen LogP contribution in [0.1, 0.15) is 33.7 Å². The van der Waals surface area contributed by atoms with Crippen LogP contribution in [-0.2, 0) is 9.53 Å². The number of likely N-dealkylation sites (tertiary alicyclic amines) is 1. The number of rotatable bonds is 8. The summed E-state index contributed by atoms with van der Waals surface area (Å²) >= 11 is 0. The molecule has 0 aliphatic carbocycles. The number of nitrogens with zero attached hydrogens (tertiary/aromatic N) is 1. The molecular formula is C20H22N2O6. The Labute approximate surface area is 162 Å². The van der Waals surface area contributed by atoms with Crippen molar-refractivity contribution < 1.29 is 28.6 Å². The lowest BCUT2D eigenvalue weighted by atomic mass is 10.2. The van der Waals surface area contributed by atoms with Gasteiger partial charge in [-0.15, -0.1) is 0 Å². The molecule has 1 saturated heterocycles. The Balaban J connectivity index is 1.44. The quantitative estimate of drug-likeness (QED) is 0.551. The van der Waals surface area contributed by atoms with Gasteiger partial charge in [0.25, 0.3) is 5.91 Å². The molecule has 2 heterocycles. The van der Waals surface area contributed by atoms with E-state index in [0.717, 1.165) is 25.9 Å². The number of nitrogens with one attached hydrogen (secondary N) is 1. The fraction of sp³-hybridized carbons (Fsp3) is 0.350. The zero-order chi connectivity index (χ0) is 19.9. The molecule has 2 aromatic rings. The monoisotopic (exact) mass is 386 g/mol. The Morgan fingerprint density at radius 1 is 1.04 bits per heavy atom. The summed E-state index contributed by atoms with van der Waals surface area (Å²) in [5, 5.41) is 0. The molecule has 148 valence electrons. The number of hydrogen-bond acceptors (Lipinski definition) is 6. The number of methoxy groups -OCH3 is 1. The molecule has 0 unspecified atom stereocenters. The number of carbonyl (C=O) groups excluding carboxylic acids is 3. The number of ketones is 1. The molecule has 1 aliphatic rings. The Bertz CT molecular complexity index is 837. The van der Waals surface area contributed by atoms with Gasteiger partial charge in [0, 0.05) is 24.8 Å². The molecule has 3 rings (SSSR count). The van der Waals surface area contributed by atoms with E-state index < -0.39 is 18.4 Å². The van der Waals surface area contributed by atoms with E-state index in [1.807, 2.05) is 0 Å². The highest BCUT2D eigenvalue weighted by atomic mass is 16.6. The zero-order valence-electron chi connectivity index (χ0n) is 15.6. The standard InChI is InChI=1S/C20H22N2O6/c1-26-15-4-6-16(7-5-15)27-13-19(24)28-12-18(23)14-10-17(21-11-14)20(25)22-8-2-3-9-22/h4-7,10-11,21H,2-3,8-9,12-13H2,1H3. The number of hydrogen-bond donors (Lipinski definition) is 1. The second-order valence-corrected chi connectivity index (χ2v) is 6.35. The normalized spacial score (nSPS) is 13.2. The molecule has 0 spiro atoms. The van der Waals surface area contributed by atoms with Gasteiger partial charge in [-0.05, 0) is 43.2 Å². The summed E-state index contributed by atoms with van der Waals surface area (Å²) in [5.74, 6) is -0.0154. The lowest BCUT2D eigenvalue weighted by Gasteiger charge is -2.13. The van der Waals surface area contributed by atoms with E-state index in [1.54, 1.807) is 36.3 Å². The van der Waals surface area contributed by atoms with Gasteiger partial charge in [-0.3, -0.25) is 9.59 Å². The van der Waals surface area contributed by atoms with E-state index in [2.05, 4.69) is 4.98 Å². The van der Waals surface area contributed by atoms with Crippen LogP contribution in [0.3, 0.4) is 0 Å². The first kappa shape index (κ1) is 19.5. The van der Waals surface area contributed by atoms with E-state index in [1.165, 1.54) is 12.3 Å². The van der Waals surface area contributed by atoms with Gasteiger partial charge in [-0.2, -0.15) is 0 Å². The maximum absolute atomic E-state index is 12.3. The highest BCUT2D eigenvalue weighted by molar-refractivity contribution is 6.01. The summed E-state index contributed by atoms with van der Waals surface area (Å²) in [7, 11) is 1.56. The van der Waals surface area contributed by atoms with Crippen LogP contribution in [0.4, 0.5) is 0 Å². The Kier molecular flexibility index (Phi) is 6.31. The second kappa shape index (κ2) is 9.07. The van der Waals surface area contributed by atoms with Crippen LogP contribution < -0.4 is 9.47 Å². The van der Waals surface area contributed by atoms with Gasteiger partial charge in [-0.1, -0.05) is 0 Å². The van der Waals surface area contributed by atoms with Crippen molar-refractivity contribution in [3.05, 3.63) is 47.8 Å². The van der Waals surface area contributed by atoms with Gasteiger partial charge in [-0.25, -0.2) is 4.79 Å². The molecular weight excluding hydrogens is 364 g/mol. The molecule has 0 saturated carbocycles. The average molecular weight is 386 g/mol. The third kappa shape index (κ3) is 4.91. The van der Waals surface area contributed by atoms with Crippen molar-refractivity contribution in [1.29, 1.82) is 0 Å². The largest absolute Gasteiger partial charge is 0.497 e. The highest BCUT2D eigenvalue weighted by Gasteiger charge is 2.22. The fourth-order valence-corrected chi connectivity index (χ4v) is 2.85. The van der Waals surface area contributed by atoms with E-state index in [4.69, 9.17) is 14.2 Å². The Morgan fingerprint density at radius 2 is 1.71 bits per heavy atom. The lowest BCUT2D eigenvalue weighted by molar-refractivity contribution is -0.144. The number of carbonyl (C=O) groups is 3. The van der Waals surface area contributed by atoms with Crippen molar-refractivity contribution in [1.82, 2.24) is 9.88 Å². The maximum atomic E-state index is 12.3. The first-order chi connectivity index (χ1) is 13.6. The summed E-state index contributed by atoms with van der Waals surface area (Å²) in [5.41, 5.74) is 0.658. The second-order valence-electron chi connectivity index (χ2n) is 6.35. The van der Waals surface area contributed by atoms with E-state index in [9.17, 15) is 14.4 Å². The highest BCUT2D eigenvalue weighted by Crippen LogP contribution is 2.17. The minimum Gasteiger partial charge on any atom is -0.497 e. The van der Waals surface area contributed by atoms with Crippen molar-refractivity contribution in [2.75, 3.05) is 33.4 Å².